The Bertz CT molecular complexity index is 466. The monoisotopic (exact) mass is 232 g/mol. The lowest BCUT2D eigenvalue weighted by Gasteiger charge is -2.12. The SMILES string of the molecule is CCOc1cccc(NCc2ccoc2)c1N. The molecule has 0 radical (unpaired) electrons. The quantitative estimate of drug-likeness (QED) is 0.778. The zero-order chi connectivity index (χ0) is 12.1. The maximum Gasteiger partial charge on any atom is 0.144 e. The molecule has 17 heavy (non-hydrogen) atoms. The molecule has 90 valence electrons. The molecule has 2 rings (SSSR count). The van der Waals surface area contributed by atoms with Crippen LogP contribution in [-0.2, 0) is 6.54 Å². The first-order valence-electron chi connectivity index (χ1n) is 5.57. The highest BCUT2D eigenvalue weighted by molar-refractivity contribution is 5.72. The molecule has 4 heteroatoms. The van der Waals surface area contributed by atoms with E-state index in [1.807, 2.05) is 31.2 Å². The molecule has 1 aromatic carbocycles. The van der Waals surface area contributed by atoms with Crippen molar-refractivity contribution in [1.82, 2.24) is 0 Å². The Balaban J connectivity index is 2.07. The van der Waals surface area contributed by atoms with Crippen molar-refractivity contribution in [2.75, 3.05) is 17.7 Å². The van der Waals surface area contributed by atoms with E-state index in [1.165, 1.54) is 0 Å². The lowest BCUT2D eigenvalue weighted by atomic mass is 10.2. The number of furan rings is 1. The van der Waals surface area contributed by atoms with Crippen molar-refractivity contribution in [1.29, 1.82) is 0 Å². The van der Waals surface area contributed by atoms with Crippen LogP contribution in [0, 0.1) is 0 Å². The van der Waals surface area contributed by atoms with Crippen LogP contribution < -0.4 is 15.8 Å². The van der Waals surface area contributed by atoms with E-state index in [4.69, 9.17) is 14.9 Å². The lowest BCUT2D eigenvalue weighted by Crippen LogP contribution is -2.04. The van der Waals surface area contributed by atoms with E-state index in [0.29, 0.717) is 24.6 Å². The number of anilines is 2. The van der Waals surface area contributed by atoms with E-state index in [9.17, 15) is 0 Å². The predicted octanol–water partition coefficient (Wildman–Crippen LogP) is 2.87. The molecule has 2 aromatic rings. The van der Waals surface area contributed by atoms with Crippen molar-refractivity contribution in [2.24, 2.45) is 0 Å². The van der Waals surface area contributed by atoms with E-state index in [0.717, 1.165) is 11.3 Å². The molecule has 0 amide bonds. The molecule has 3 N–H and O–H groups in total. The minimum Gasteiger partial charge on any atom is -0.492 e. The Morgan fingerprint density at radius 3 is 2.94 bits per heavy atom. The Kier molecular flexibility index (Phi) is 3.55. The third kappa shape index (κ3) is 2.72. The van der Waals surface area contributed by atoms with E-state index in [-0.39, 0.29) is 0 Å². The van der Waals surface area contributed by atoms with Gasteiger partial charge in [0.15, 0.2) is 0 Å². The zero-order valence-electron chi connectivity index (χ0n) is 9.77. The molecule has 0 atom stereocenters. The van der Waals surface area contributed by atoms with Crippen molar-refractivity contribution >= 4 is 11.4 Å². The summed E-state index contributed by atoms with van der Waals surface area (Å²) in [6.07, 6.45) is 3.35. The van der Waals surface area contributed by atoms with Crippen LogP contribution in [0.2, 0.25) is 0 Å². The van der Waals surface area contributed by atoms with E-state index >= 15 is 0 Å². The first kappa shape index (κ1) is 11.4. The van der Waals surface area contributed by atoms with Gasteiger partial charge in [0, 0.05) is 12.1 Å². The molecule has 0 spiro atoms. The molecule has 0 saturated carbocycles. The second kappa shape index (κ2) is 5.30. The second-order valence-electron chi connectivity index (χ2n) is 3.64. The average Bonchev–Trinajstić information content (AvgIpc) is 2.83. The molecule has 0 saturated heterocycles. The summed E-state index contributed by atoms with van der Waals surface area (Å²) in [7, 11) is 0. The average molecular weight is 232 g/mol. The molecule has 0 aliphatic rings. The summed E-state index contributed by atoms with van der Waals surface area (Å²) in [5.74, 6) is 0.713. The molecular formula is C13H16N2O2. The number of hydrogen-bond donors (Lipinski definition) is 2. The molecular weight excluding hydrogens is 216 g/mol. The highest BCUT2D eigenvalue weighted by atomic mass is 16.5. The Morgan fingerprint density at radius 1 is 1.35 bits per heavy atom. The summed E-state index contributed by atoms with van der Waals surface area (Å²) < 4.78 is 10.4. The lowest BCUT2D eigenvalue weighted by molar-refractivity contribution is 0.342. The number of benzene rings is 1. The highest BCUT2D eigenvalue weighted by Gasteiger charge is 2.05. The minimum atomic E-state index is 0.607. The minimum absolute atomic E-state index is 0.607. The number of hydrogen-bond acceptors (Lipinski definition) is 4. The van der Waals surface area contributed by atoms with E-state index < -0.39 is 0 Å². The fourth-order valence-electron chi connectivity index (χ4n) is 1.57. The standard InChI is InChI=1S/C13H16N2O2/c1-2-17-12-5-3-4-11(13(12)14)15-8-10-6-7-16-9-10/h3-7,9,15H,2,8,14H2,1H3. The number of rotatable bonds is 5. The van der Waals surface area contributed by atoms with Crippen LogP contribution in [0.5, 0.6) is 5.75 Å². The predicted molar refractivity (Wildman–Crippen MR) is 68.1 cm³/mol. The number of nitrogens with one attached hydrogen (secondary N) is 1. The molecule has 1 aromatic heterocycles. The Hall–Kier alpha value is -2.10. The van der Waals surface area contributed by atoms with Gasteiger partial charge in [-0.1, -0.05) is 6.07 Å². The number of nitrogens with two attached hydrogens (primary N) is 1. The maximum absolute atomic E-state index is 6.00. The Morgan fingerprint density at radius 2 is 2.24 bits per heavy atom. The summed E-state index contributed by atoms with van der Waals surface area (Å²) in [5.41, 5.74) is 8.58. The van der Waals surface area contributed by atoms with Crippen LogP contribution in [-0.4, -0.2) is 6.61 Å². The fraction of sp³-hybridized carbons (Fsp3) is 0.231. The van der Waals surface area contributed by atoms with Gasteiger partial charge in [0.05, 0.1) is 30.5 Å². The maximum atomic E-state index is 6.00. The topological polar surface area (TPSA) is 60.4 Å². The second-order valence-corrected chi connectivity index (χ2v) is 3.64. The number of ether oxygens (including phenoxy) is 1. The summed E-state index contributed by atoms with van der Waals surface area (Å²) in [6.45, 7) is 3.22. The third-order valence-corrected chi connectivity index (χ3v) is 2.43. The highest BCUT2D eigenvalue weighted by Crippen LogP contribution is 2.29. The van der Waals surface area contributed by atoms with Gasteiger partial charge in [0.2, 0.25) is 0 Å². The molecule has 0 aliphatic carbocycles. The van der Waals surface area contributed by atoms with Crippen LogP contribution in [0.1, 0.15) is 12.5 Å². The largest absolute Gasteiger partial charge is 0.492 e. The van der Waals surface area contributed by atoms with Gasteiger partial charge in [-0.15, -0.1) is 0 Å². The van der Waals surface area contributed by atoms with Gasteiger partial charge in [-0.2, -0.15) is 0 Å². The normalized spacial score (nSPS) is 10.2. The first-order chi connectivity index (χ1) is 8.31. The van der Waals surface area contributed by atoms with Crippen LogP contribution in [0.3, 0.4) is 0 Å². The summed E-state index contributed by atoms with van der Waals surface area (Å²) >= 11 is 0. The third-order valence-electron chi connectivity index (χ3n) is 2.43. The summed E-state index contributed by atoms with van der Waals surface area (Å²) in [6, 6.07) is 7.62. The van der Waals surface area contributed by atoms with E-state index in [1.54, 1.807) is 12.5 Å². The van der Waals surface area contributed by atoms with Crippen molar-refractivity contribution in [3.63, 3.8) is 0 Å². The first-order valence-corrected chi connectivity index (χ1v) is 5.57. The van der Waals surface area contributed by atoms with Crippen molar-refractivity contribution in [2.45, 2.75) is 13.5 Å². The molecule has 4 nitrogen and oxygen atoms in total. The van der Waals surface area contributed by atoms with Crippen LogP contribution >= 0.6 is 0 Å². The van der Waals surface area contributed by atoms with Gasteiger partial charge in [0.1, 0.15) is 5.75 Å². The van der Waals surface area contributed by atoms with Gasteiger partial charge in [0.25, 0.3) is 0 Å². The number of para-hydroxylation sites is 1. The fourth-order valence-corrected chi connectivity index (χ4v) is 1.57. The van der Waals surface area contributed by atoms with Crippen LogP contribution in [0.25, 0.3) is 0 Å². The van der Waals surface area contributed by atoms with Crippen LogP contribution in [0.4, 0.5) is 11.4 Å². The zero-order valence-corrected chi connectivity index (χ0v) is 9.77. The van der Waals surface area contributed by atoms with Crippen LogP contribution in [0.15, 0.2) is 41.2 Å². The summed E-state index contributed by atoms with van der Waals surface area (Å²) in [5, 5.41) is 3.25. The molecule has 0 bridgehead atoms. The number of nitrogen functional groups attached to an aromatic ring is 1. The van der Waals surface area contributed by atoms with Gasteiger partial charge in [-0.25, -0.2) is 0 Å². The Labute approximate surface area is 100 Å². The van der Waals surface area contributed by atoms with E-state index in [2.05, 4.69) is 5.32 Å². The molecule has 0 fully saturated rings. The van der Waals surface area contributed by atoms with Crippen molar-refractivity contribution in [3.8, 4) is 5.75 Å². The van der Waals surface area contributed by atoms with Gasteiger partial charge < -0.3 is 20.2 Å². The van der Waals surface area contributed by atoms with Gasteiger partial charge in [-0.3, -0.25) is 0 Å². The van der Waals surface area contributed by atoms with Crippen molar-refractivity contribution in [3.05, 3.63) is 42.4 Å². The van der Waals surface area contributed by atoms with Crippen molar-refractivity contribution < 1.29 is 9.15 Å². The van der Waals surface area contributed by atoms with Gasteiger partial charge in [-0.05, 0) is 25.1 Å². The smallest absolute Gasteiger partial charge is 0.144 e. The van der Waals surface area contributed by atoms with Gasteiger partial charge >= 0.3 is 0 Å². The summed E-state index contributed by atoms with van der Waals surface area (Å²) in [4.78, 5) is 0. The molecule has 1 heterocycles. The molecule has 0 aliphatic heterocycles. The molecule has 0 unspecified atom stereocenters.